The van der Waals surface area contributed by atoms with E-state index in [0.717, 1.165) is 28.8 Å². The minimum Gasteiger partial charge on any atom is -0.326 e. The van der Waals surface area contributed by atoms with Crippen molar-refractivity contribution in [2.45, 2.75) is 12.8 Å². The molecule has 0 saturated carbocycles. The largest absolute Gasteiger partial charge is 0.326 e. The summed E-state index contributed by atoms with van der Waals surface area (Å²) in [6.45, 7) is 0. The first kappa shape index (κ1) is 11.4. The predicted octanol–water partition coefficient (Wildman–Crippen LogP) is 2.50. The average molecular weight is 249 g/mol. The Labute approximate surface area is 110 Å². The van der Waals surface area contributed by atoms with E-state index in [2.05, 4.69) is 16.4 Å². The predicted molar refractivity (Wildman–Crippen MR) is 71.3 cm³/mol. The summed E-state index contributed by atoms with van der Waals surface area (Å²) in [5.74, 6) is 0.0573. The summed E-state index contributed by atoms with van der Waals surface area (Å²) < 4.78 is 0. The minimum atomic E-state index is 0.0573. The Morgan fingerprint density at radius 3 is 3.00 bits per heavy atom. The van der Waals surface area contributed by atoms with Crippen molar-refractivity contribution in [1.29, 1.82) is 5.26 Å². The molecule has 1 amide bonds. The first-order chi connectivity index (χ1) is 9.28. The molecule has 1 N–H and O–H groups in total. The van der Waals surface area contributed by atoms with Crippen molar-refractivity contribution in [2.75, 3.05) is 5.32 Å². The standard InChI is InChI=1S/C15H11N3O/c16-8-12-9-17-6-5-13(12)10-1-3-14-11(7-10)2-4-15(19)18-14/h1,3,5-7,9H,2,4H2,(H,18,19). The van der Waals surface area contributed by atoms with Crippen molar-refractivity contribution in [1.82, 2.24) is 4.98 Å². The molecule has 3 rings (SSSR count). The van der Waals surface area contributed by atoms with E-state index in [4.69, 9.17) is 5.26 Å². The van der Waals surface area contributed by atoms with Gasteiger partial charge < -0.3 is 5.32 Å². The Hall–Kier alpha value is -2.67. The van der Waals surface area contributed by atoms with E-state index in [1.807, 2.05) is 24.3 Å². The molecule has 0 radical (unpaired) electrons. The molecule has 4 nitrogen and oxygen atoms in total. The maximum atomic E-state index is 11.3. The number of hydrogen-bond donors (Lipinski definition) is 1. The maximum Gasteiger partial charge on any atom is 0.224 e. The van der Waals surface area contributed by atoms with Crippen LogP contribution in [0, 0.1) is 11.3 Å². The Morgan fingerprint density at radius 2 is 2.16 bits per heavy atom. The van der Waals surface area contributed by atoms with Crippen molar-refractivity contribution in [3.63, 3.8) is 0 Å². The minimum absolute atomic E-state index is 0.0573. The number of anilines is 1. The summed E-state index contributed by atoms with van der Waals surface area (Å²) in [6.07, 6.45) is 4.49. The fraction of sp³-hybridized carbons (Fsp3) is 0.133. The second-order valence-electron chi connectivity index (χ2n) is 4.45. The van der Waals surface area contributed by atoms with Gasteiger partial charge >= 0.3 is 0 Å². The number of pyridine rings is 1. The van der Waals surface area contributed by atoms with Gasteiger partial charge in [-0.2, -0.15) is 5.26 Å². The Balaban J connectivity index is 2.08. The van der Waals surface area contributed by atoms with Crippen molar-refractivity contribution < 1.29 is 4.79 Å². The summed E-state index contributed by atoms with van der Waals surface area (Å²) in [4.78, 5) is 15.3. The average Bonchev–Trinajstić information content (AvgIpc) is 2.46. The number of nitrogens with one attached hydrogen (secondary N) is 1. The van der Waals surface area contributed by atoms with Crippen molar-refractivity contribution in [3.05, 3.63) is 47.8 Å². The van der Waals surface area contributed by atoms with Crippen LogP contribution in [-0.2, 0) is 11.2 Å². The third-order valence-corrected chi connectivity index (χ3v) is 3.25. The number of hydrogen-bond acceptors (Lipinski definition) is 3. The second-order valence-corrected chi connectivity index (χ2v) is 4.45. The summed E-state index contributed by atoms with van der Waals surface area (Å²) in [6, 6.07) is 9.83. The Morgan fingerprint density at radius 1 is 1.26 bits per heavy atom. The highest BCUT2D eigenvalue weighted by Crippen LogP contribution is 2.29. The summed E-state index contributed by atoms with van der Waals surface area (Å²) >= 11 is 0. The highest BCUT2D eigenvalue weighted by molar-refractivity contribution is 5.94. The monoisotopic (exact) mass is 249 g/mol. The molecule has 19 heavy (non-hydrogen) atoms. The molecule has 92 valence electrons. The van der Waals surface area contributed by atoms with Gasteiger partial charge in [0.15, 0.2) is 0 Å². The van der Waals surface area contributed by atoms with Crippen LogP contribution in [0.15, 0.2) is 36.7 Å². The molecule has 0 atom stereocenters. The second kappa shape index (κ2) is 4.54. The highest BCUT2D eigenvalue weighted by Gasteiger charge is 2.15. The number of carbonyl (C=O) groups excluding carboxylic acids is 1. The molecule has 0 unspecified atom stereocenters. The van der Waals surface area contributed by atoms with Gasteiger partial charge in [0, 0.05) is 30.1 Å². The number of benzene rings is 1. The quantitative estimate of drug-likeness (QED) is 0.844. The van der Waals surface area contributed by atoms with Crippen molar-refractivity contribution in [2.24, 2.45) is 0 Å². The molecule has 1 aliphatic rings. The fourth-order valence-electron chi connectivity index (χ4n) is 2.29. The number of amides is 1. The van der Waals surface area contributed by atoms with E-state index >= 15 is 0 Å². The van der Waals surface area contributed by atoms with Crippen LogP contribution in [-0.4, -0.2) is 10.9 Å². The van der Waals surface area contributed by atoms with Crippen LogP contribution in [0.5, 0.6) is 0 Å². The Kier molecular flexibility index (Phi) is 2.73. The van der Waals surface area contributed by atoms with Crippen LogP contribution in [0.3, 0.4) is 0 Å². The fourth-order valence-corrected chi connectivity index (χ4v) is 2.29. The SMILES string of the molecule is N#Cc1cnccc1-c1ccc2c(c1)CCC(=O)N2. The molecule has 1 aliphatic heterocycles. The molecular formula is C15H11N3O. The molecule has 0 saturated heterocycles. The molecule has 2 aromatic rings. The zero-order valence-corrected chi connectivity index (χ0v) is 10.2. The third-order valence-electron chi connectivity index (χ3n) is 3.25. The Bertz CT molecular complexity index is 701. The zero-order valence-electron chi connectivity index (χ0n) is 10.2. The molecule has 1 aromatic heterocycles. The molecule has 0 bridgehead atoms. The van der Waals surface area contributed by atoms with Crippen LogP contribution >= 0.6 is 0 Å². The maximum absolute atomic E-state index is 11.3. The number of nitrogens with zero attached hydrogens (tertiary/aromatic N) is 2. The van der Waals surface area contributed by atoms with E-state index in [9.17, 15) is 4.79 Å². The van der Waals surface area contributed by atoms with Crippen molar-refractivity contribution >= 4 is 11.6 Å². The first-order valence-corrected chi connectivity index (χ1v) is 6.05. The van der Waals surface area contributed by atoms with E-state index in [1.54, 1.807) is 12.4 Å². The lowest BCUT2D eigenvalue weighted by molar-refractivity contribution is -0.116. The topological polar surface area (TPSA) is 65.8 Å². The van der Waals surface area contributed by atoms with E-state index in [1.165, 1.54) is 0 Å². The summed E-state index contributed by atoms with van der Waals surface area (Å²) in [5.41, 5.74) is 4.39. The van der Waals surface area contributed by atoms with Gasteiger partial charge in [0.2, 0.25) is 5.91 Å². The van der Waals surface area contributed by atoms with E-state index in [0.29, 0.717) is 12.0 Å². The molecule has 0 spiro atoms. The molecule has 1 aromatic carbocycles. The lowest BCUT2D eigenvalue weighted by Gasteiger charge is -2.17. The van der Waals surface area contributed by atoms with Gasteiger partial charge in [0.1, 0.15) is 6.07 Å². The smallest absolute Gasteiger partial charge is 0.224 e. The number of nitriles is 1. The van der Waals surface area contributed by atoms with E-state index < -0.39 is 0 Å². The van der Waals surface area contributed by atoms with Gasteiger partial charge in [0.25, 0.3) is 0 Å². The summed E-state index contributed by atoms with van der Waals surface area (Å²) in [5, 5.41) is 12.0. The summed E-state index contributed by atoms with van der Waals surface area (Å²) in [7, 11) is 0. The van der Waals surface area contributed by atoms with Crippen LogP contribution in [0.2, 0.25) is 0 Å². The van der Waals surface area contributed by atoms with Gasteiger partial charge in [-0.05, 0) is 35.7 Å². The van der Waals surface area contributed by atoms with E-state index in [-0.39, 0.29) is 5.91 Å². The molecule has 4 heteroatoms. The molecule has 2 heterocycles. The molecular weight excluding hydrogens is 238 g/mol. The first-order valence-electron chi connectivity index (χ1n) is 6.05. The number of rotatable bonds is 1. The van der Waals surface area contributed by atoms with Crippen LogP contribution in [0.4, 0.5) is 5.69 Å². The molecule has 0 fully saturated rings. The van der Waals surface area contributed by atoms with Gasteiger partial charge in [0.05, 0.1) is 5.56 Å². The number of aromatic nitrogens is 1. The number of aryl methyl sites for hydroxylation is 1. The van der Waals surface area contributed by atoms with Gasteiger partial charge in [-0.25, -0.2) is 0 Å². The van der Waals surface area contributed by atoms with Crippen LogP contribution < -0.4 is 5.32 Å². The lowest BCUT2D eigenvalue weighted by Crippen LogP contribution is -2.18. The highest BCUT2D eigenvalue weighted by atomic mass is 16.1. The number of carbonyl (C=O) groups is 1. The van der Waals surface area contributed by atoms with Gasteiger partial charge in [-0.1, -0.05) is 6.07 Å². The number of fused-ring (bicyclic) bond motifs is 1. The normalized spacial score (nSPS) is 13.3. The zero-order chi connectivity index (χ0) is 13.2. The van der Waals surface area contributed by atoms with Gasteiger partial charge in [-0.3, -0.25) is 9.78 Å². The molecule has 0 aliphatic carbocycles. The lowest BCUT2D eigenvalue weighted by atomic mass is 9.96. The van der Waals surface area contributed by atoms with Crippen molar-refractivity contribution in [3.8, 4) is 17.2 Å². The van der Waals surface area contributed by atoms with Crippen LogP contribution in [0.1, 0.15) is 17.5 Å². The third kappa shape index (κ3) is 2.06. The van der Waals surface area contributed by atoms with Gasteiger partial charge in [-0.15, -0.1) is 0 Å². The van der Waals surface area contributed by atoms with Crippen LogP contribution in [0.25, 0.3) is 11.1 Å².